The number of Topliss-reactive ketones (excluding diaryl/α,β-unsaturated/α-hetero) is 1. The van der Waals surface area contributed by atoms with Crippen LogP contribution in [0, 0.1) is 0 Å². The Morgan fingerprint density at radius 3 is 2.46 bits per heavy atom. The zero-order valence-electron chi connectivity index (χ0n) is 24.0. The Morgan fingerprint density at radius 2 is 1.80 bits per heavy atom. The lowest BCUT2D eigenvalue weighted by Gasteiger charge is -2.34. The summed E-state index contributed by atoms with van der Waals surface area (Å²) in [6.07, 6.45) is 1.19. The van der Waals surface area contributed by atoms with E-state index >= 15 is 0 Å². The molecule has 0 unspecified atom stereocenters. The van der Waals surface area contributed by atoms with Crippen molar-refractivity contribution in [2.24, 2.45) is 0 Å². The molecule has 4 heterocycles. The molecule has 41 heavy (non-hydrogen) atoms. The van der Waals surface area contributed by atoms with Crippen molar-refractivity contribution in [1.82, 2.24) is 19.7 Å². The van der Waals surface area contributed by atoms with E-state index in [0.29, 0.717) is 30.0 Å². The maximum Gasteiger partial charge on any atom is 0.412 e. The Morgan fingerprint density at radius 1 is 1.02 bits per heavy atom. The molecular formula is C29H38N6O4S2. The van der Waals surface area contributed by atoms with E-state index in [-0.39, 0.29) is 18.2 Å². The maximum absolute atomic E-state index is 13.2. The minimum absolute atomic E-state index is 0.0984. The van der Waals surface area contributed by atoms with Gasteiger partial charge in [0, 0.05) is 69.2 Å². The minimum atomic E-state index is -0.619. The summed E-state index contributed by atoms with van der Waals surface area (Å²) in [5, 5.41) is 13.2. The zero-order chi connectivity index (χ0) is 29.4. The van der Waals surface area contributed by atoms with Gasteiger partial charge in [-0.2, -0.15) is 11.3 Å². The minimum Gasteiger partial charge on any atom is -0.444 e. The molecule has 0 saturated carbocycles. The first-order chi connectivity index (χ1) is 19.6. The number of thiophene rings is 2. The van der Waals surface area contributed by atoms with Crippen LogP contribution in [-0.2, 0) is 17.7 Å². The lowest BCUT2D eigenvalue weighted by molar-refractivity contribution is 0.0635. The normalized spacial score (nSPS) is 14.4. The van der Waals surface area contributed by atoms with Crippen LogP contribution in [0.15, 0.2) is 45.9 Å². The summed E-state index contributed by atoms with van der Waals surface area (Å²) in [7, 11) is 2.12. The van der Waals surface area contributed by atoms with Crippen molar-refractivity contribution in [2.75, 3.05) is 56.9 Å². The first-order valence-electron chi connectivity index (χ1n) is 13.6. The van der Waals surface area contributed by atoms with E-state index in [9.17, 15) is 14.4 Å². The molecule has 1 aliphatic heterocycles. The largest absolute Gasteiger partial charge is 0.444 e. The second-order valence-corrected chi connectivity index (χ2v) is 12.6. The molecule has 3 amide bonds. The number of nitrogens with zero attached hydrogens (tertiary/aromatic N) is 4. The number of hydrogen-bond donors (Lipinski definition) is 2. The summed E-state index contributed by atoms with van der Waals surface area (Å²) in [5.74, 6) is -0.163. The third-order valence-electron chi connectivity index (χ3n) is 6.55. The Hall–Kier alpha value is -3.32. The van der Waals surface area contributed by atoms with Crippen LogP contribution in [0.5, 0.6) is 0 Å². The monoisotopic (exact) mass is 598 g/mol. The second kappa shape index (κ2) is 14.0. The standard InChI is InChI=1S/C29H38N6O4S2/c1-29(2,3)39-28(38)32-25-20-41-18-22(25)15-26(36)24-6-5-21(16-30-24)17-35(27(37)31-23-7-14-40-19-23)13-12-34-10-8-33(4)9-11-34/h5-7,14,16,18-20H,8-13,15,17H2,1-4H3,(H,31,37)(H,32,38). The molecule has 0 atom stereocenters. The fraction of sp³-hybridized carbons (Fsp3) is 0.448. The fourth-order valence-corrected chi connectivity index (χ4v) is 5.65. The van der Waals surface area contributed by atoms with Gasteiger partial charge >= 0.3 is 12.1 Å². The molecule has 220 valence electrons. The SMILES string of the molecule is CN1CCN(CCN(Cc2ccc(C(=O)Cc3cscc3NC(=O)OC(C)(C)C)nc2)C(=O)Nc2ccsc2)CC1. The molecule has 1 fully saturated rings. The molecule has 12 heteroatoms. The Kier molecular flexibility index (Phi) is 10.5. The molecule has 4 rings (SSSR count). The highest BCUT2D eigenvalue weighted by Gasteiger charge is 2.21. The summed E-state index contributed by atoms with van der Waals surface area (Å²) < 4.78 is 5.32. The smallest absolute Gasteiger partial charge is 0.412 e. The quantitative estimate of drug-likeness (QED) is 0.307. The van der Waals surface area contributed by atoms with Crippen molar-refractivity contribution >= 4 is 52.0 Å². The van der Waals surface area contributed by atoms with Gasteiger partial charge in [0.15, 0.2) is 5.78 Å². The van der Waals surface area contributed by atoms with Crippen molar-refractivity contribution in [1.29, 1.82) is 0 Å². The number of pyridine rings is 1. The molecule has 0 spiro atoms. The van der Waals surface area contributed by atoms with Crippen molar-refractivity contribution in [2.45, 2.75) is 39.3 Å². The van der Waals surface area contributed by atoms with Gasteiger partial charge in [-0.25, -0.2) is 9.59 Å². The molecule has 2 N–H and O–H groups in total. The second-order valence-electron chi connectivity index (χ2n) is 11.1. The van der Waals surface area contributed by atoms with Crippen LogP contribution in [0.4, 0.5) is 21.0 Å². The molecule has 0 aliphatic carbocycles. The average Bonchev–Trinajstić information content (AvgIpc) is 3.59. The van der Waals surface area contributed by atoms with Crippen LogP contribution in [-0.4, -0.2) is 89.5 Å². The third kappa shape index (κ3) is 9.63. The van der Waals surface area contributed by atoms with Gasteiger partial charge in [-0.15, -0.1) is 11.3 Å². The van der Waals surface area contributed by atoms with E-state index in [4.69, 9.17) is 4.74 Å². The first-order valence-corrected chi connectivity index (χ1v) is 15.5. The van der Waals surface area contributed by atoms with Crippen molar-refractivity contribution in [3.8, 4) is 0 Å². The number of nitrogens with one attached hydrogen (secondary N) is 2. The van der Waals surface area contributed by atoms with Crippen LogP contribution in [0.2, 0.25) is 0 Å². The highest BCUT2D eigenvalue weighted by Crippen LogP contribution is 2.24. The van der Waals surface area contributed by atoms with Gasteiger partial charge in [-0.1, -0.05) is 6.07 Å². The summed E-state index contributed by atoms with van der Waals surface area (Å²) in [6.45, 7) is 11.1. The molecule has 1 aliphatic rings. The lowest BCUT2D eigenvalue weighted by atomic mass is 10.1. The number of ketones is 1. The number of ether oxygens (including phenoxy) is 1. The summed E-state index contributed by atoms with van der Waals surface area (Å²) in [4.78, 5) is 49.2. The van der Waals surface area contributed by atoms with Gasteiger partial charge in [-0.05, 0) is 61.8 Å². The number of piperazine rings is 1. The Labute approximate surface area is 249 Å². The Balaban J connectivity index is 1.37. The van der Waals surface area contributed by atoms with Gasteiger partial charge < -0.3 is 19.9 Å². The molecule has 3 aromatic rings. The van der Waals surface area contributed by atoms with Crippen LogP contribution < -0.4 is 10.6 Å². The summed E-state index contributed by atoms with van der Waals surface area (Å²) in [6, 6.07) is 5.25. The van der Waals surface area contributed by atoms with Crippen molar-refractivity contribution in [3.63, 3.8) is 0 Å². The lowest BCUT2D eigenvalue weighted by Crippen LogP contribution is -2.48. The number of anilines is 2. The highest BCUT2D eigenvalue weighted by atomic mass is 32.1. The van der Waals surface area contributed by atoms with E-state index in [1.807, 2.05) is 28.3 Å². The molecule has 1 saturated heterocycles. The van der Waals surface area contributed by atoms with Crippen LogP contribution in [0.25, 0.3) is 0 Å². The summed E-state index contributed by atoms with van der Waals surface area (Å²) >= 11 is 2.93. The van der Waals surface area contributed by atoms with Crippen molar-refractivity contribution in [3.05, 3.63) is 62.7 Å². The number of aromatic nitrogens is 1. The van der Waals surface area contributed by atoms with Gasteiger partial charge in [-0.3, -0.25) is 20.0 Å². The van der Waals surface area contributed by atoms with Crippen LogP contribution in [0.1, 0.15) is 42.4 Å². The molecule has 0 radical (unpaired) electrons. The van der Waals surface area contributed by atoms with Gasteiger partial charge in [0.25, 0.3) is 0 Å². The fourth-order valence-electron chi connectivity index (χ4n) is 4.27. The number of rotatable bonds is 10. The first kappa shape index (κ1) is 30.6. The maximum atomic E-state index is 13.2. The van der Waals surface area contributed by atoms with E-state index < -0.39 is 11.7 Å². The predicted octanol–water partition coefficient (Wildman–Crippen LogP) is 5.26. The molecular weight excluding hydrogens is 560 g/mol. The van der Waals surface area contributed by atoms with Gasteiger partial charge in [0.2, 0.25) is 0 Å². The number of amides is 3. The molecule has 10 nitrogen and oxygen atoms in total. The number of carbonyl (C=O) groups is 3. The third-order valence-corrected chi connectivity index (χ3v) is 8.03. The van der Waals surface area contributed by atoms with Gasteiger partial charge in [0.1, 0.15) is 11.3 Å². The Bertz CT molecular complexity index is 1300. The van der Waals surface area contributed by atoms with E-state index in [1.54, 1.807) is 43.3 Å². The van der Waals surface area contributed by atoms with Crippen molar-refractivity contribution < 1.29 is 19.1 Å². The number of likely N-dealkylation sites (N-methyl/N-ethyl adjacent to an activating group) is 1. The van der Waals surface area contributed by atoms with Crippen LogP contribution >= 0.6 is 22.7 Å². The van der Waals surface area contributed by atoms with Crippen LogP contribution in [0.3, 0.4) is 0 Å². The average molecular weight is 599 g/mol. The van der Waals surface area contributed by atoms with E-state index in [2.05, 4.69) is 32.5 Å². The topological polar surface area (TPSA) is 107 Å². The van der Waals surface area contributed by atoms with E-state index in [0.717, 1.165) is 44.0 Å². The predicted molar refractivity (Wildman–Crippen MR) is 164 cm³/mol. The highest BCUT2D eigenvalue weighted by molar-refractivity contribution is 7.08. The molecule has 0 bridgehead atoms. The van der Waals surface area contributed by atoms with E-state index in [1.165, 1.54) is 22.7 Å². The summed E-state index contributed by atoms with van der Waals surface area (Å²) in [5.41, 5.74) is 2.58. The number of carbonyl (C=O) groups excluding carboxylic acids is 3. The van der Waals surface area contributed by atoms with Gasteiger partial charge in [0.05, 0.1) is 11.4 Å². The molecule has 3 aromatic heterocycles. The number of hydrogen-bond acceptors (Lipinski definition) is 9. The number of urea groups is 1. The molecule has 0 aromatic carbocycles. The zero-order valence-corrected chi connectivity index (χ0v) is 25.6.